The van der Waals surface area contributed by atoms with E-state index in [9.17, 15) is 9.59 Å². The molecule has 0 radical (unpaired) electrons. The van der Waals surface area contributed by atoms with E-state index in [1.807, 2.05) is 24.3 Å². The maximum absolute atomic E-state index is 12.3. The number of nitrogens with one attached hydrogen (secondary N) is 2. The molecule has 1 heterocycles. The lowest BCUT2D eigenvalue weighted by Gasteiger charge is -2.35. The fourth-order valence-electron chi connectivity index (χ4n) is 3.66. The summed E-state index contributed by atoms with van der Waals surface area (Å²) < 4.78 is 5.47. The minimum Gasteiger partial charge on any atom is -0.495 e. The molecule has 30 heavy (non-hydrogen) atoms. The summed E-state index contributed by atoms with van der Waals surface area (Å²) in [6.07, 6.45) is 2.95. The van der Waals surface area contributed by atoms with Crippen molar-refractivity contribution >= 4 is 29.1 Å². The van der Waals surface area contributed by atoms with Crippen LogP contribution in [-0.4, -0.2) is 44.6 Å². The van der Waals surface area contributed by atoms with Gasteiger partial charge in [0, 0.05) is 42.7 Å². The predicted molar refractivity (Wildman–Crippen MR) is 119 cm³/mol. The van der Waals surface area contributed by atoms with Gasteiger partial charge in [-0.2, -0.15) is 0 Å². The number of hydrogen-bond donors (Lipinski definition) is 2. The highest BCUT2D eigenvalue weighted by Crippen LogP contribution is 2.29. The van der Waals surface area contributed by atoms with E-state index in [4.69, 9.17) is 16.3 Å². The molecule has 0 aromatic heterocycles. The largest absolute Gasteiger partial charge is 0.495 e. The van der Waals surface area contributed by atoms with Gasteiger partial charge in [0.1, 0.15) is 5.75 Å². The van der Waals surface area contributed by atoms with Crippen LogP contribution in [0.4, 0.5) is 5.69 Å². The zero-order valence-electron chi connectivity index (χ0n) is 17.2. The van der Waals surface area contributed by atoms with Crippen LogP contribution in [0.2, 0.25) is 5.02 Å². The summed E-state index contributed by atoms with van der Waals surface area (Å²) >= 11 is 5.83. The number of benzene rings is 2. The Kier molecular flexibility index (Phi) is 7.97. The molecule has 1 atom stereocenters. The number of hydrogen-bond acceptors (Lipinski definition) is 4. The monoisotopic (exact) mass is 429 g/mol. The van der Waals surface area contributed by atoms with Gasteiger partial charge in [-0.3, -0.25) is 9.59 Å². The molecule has 1 aliphatic rings. The summed E-state index contributed by atoms with van der Waals surface area (Å²) in [6, 6.07) is 14.8. The van der Waals surface area contributed by atoms with E-state index in [-0.39, 0.29) is 17.9 Å². The minimum absolute atomic E-state index is 0.0163. The topological polar surface area (TPSA) is 70.7 Å². The summed E-state index contributed by atoms with van der Waals surface area (Å²) in [5, 5.41) is 6.56. The van der Waals surface area contributed by atoms with Gasteiger partial charge in [0.15, 0.2) is 0 Å². The SMILES string of the molecule is COc1ccccc1N1CCCC(NC(=O)CCCNC(=O)c2ccc(Cl)cc2)C1. The summed E-state index contributed by atoms with van der Waals surface area (Å²) in [6.45, 7) is 2.16. The van der Waals surface area contributed by atoms with Crippen molar-refractivity contribution in [2.75, 3.05) is 31.6 Å². The van der Waals surface area contributed by atoms with Crippen LogP contribution in [-0.2, 0) is 4.79 Å². The van der Waals surface area contributed by atoms with E-state index in [1.165, 1.54) is 0 Å². The summed E-state index contributed by atoms with van der Waals surface area (Å²) in [4.78, 5) is 26.7. The predicted octanol–water partition coefficient (Wildman–Crippen LogP) is 3.64. The highest BCUT2D eigenvalue weighted by atomic mass is 35.5. The fourth-order valence-corrected chi connectivity index (χ4v) is 3.78. The van der Waals surface area contributed by atoms with Gasteiger partial charge in [-0.15, -0.1) is 0 Å². The Bertz CT molecular complexity index is 857. The Hall–Kier alpha value is -2.73. The van der Waals surface area contributed by atoms with Crippen LogP contribution < -0.4 is 20.3 Å². The fraction of sp³-hybridized carbons (Fsp3) is 0.391. The first-order valence-electron chi connectivity index (χ1n) is 10.3. The second kappa shape index (κ2) is 10.9. The number of halogens is 1. The molecule has 160 valence electrons. The van der Waals surface area contributed by atoms with Gasteiger partial charge < -0.3 is 20.3 Å². The number of carbonyl (C=O) groups excluding carboxylic acids is 2. The molecule has 3 rings (SSSR count). The summed E-state index contributed by atoms with van der Waals surface area (Å²) in [5.41, 5.74) is 1.62. The molecule has 0 spiro atoms. The zero-order chi connectivity index (χ0) is 21.3. The van der Waals surface area contributed by atoms with Crippen LogP contribution in [0.15, 0.2) is 48.5 Å². The molecule has 1 unspecified atom stereocenters. The lowest BCUT2D eigenvalue weighted by Crippen LogP contribution is -2.48. The molecule has 1 fully saturated rings. The van der Waals surface area contributed by atoms with Gasteiger partial charge >= 0.3 is 0 Å². The maximum atomic E-state index is 12.3. The molecule has 2 N–H and O–H groups in total. The van der Waals surface area contributed by atoms with E-state index in [0.29, 0.717) is 30.0 Å². The van der Waals surface area contributed by atoms with E-state index in [1.54, 1.807) is 31.4 Å². The molecule has 1 aliphatic heterocycles. The van der Waals surface area contributed by atoms with E-state index in [0.717, 1.165) is 37.4 Å². The van der Waals surface area contributed by atoms with Crippen molar-refractivity contribution in [2.45, 2.75) is 31.7 Å². The van der Waals surface area contributed by atoms with Gasteiger partial charge in [0.2, 0.25) is 5.91 Å². The average Bonchev–Trinajstić information content (AvgIpc) is 2.77. The van der Waals surface area contributed by atoms with Crippen LogP contribution >= 0.6 is 11.6 Å². The van der Waals surface area contributed by atoms with Crippen LogP contribution in [0.3, 0.4) is 0 Å². The molecule has 0 bridgehead atoms. The first kappa shape index (κ1) is 22.0. The smallest absolute Gasteiger partial charge is 0.251 e. The highest BCUT2D eigenvalue weighted by Gasteiger charge is 2.23. The standard InChI is InChI=1S/C23H28ClN3O3/c1-30-21-8-3-2-7-20(21)27-15-5-6-19(16-27)26-22(28)9-4-14-25-23(29)17-10-12-18(24)13-11-17/h2-3,7-8,10-13,19H,4-6,9,14-16H2,1H3,(H,25,29)(H,26,28). The number of carbonyl (C=O) groups is 2. The molecule has 0 saturated carbocycles. The Morgan fingerprint density at radius 1 is 1.17 bits per heavy atom. The van der Waals surface area contributed by atoms with Crippen molar-refractivity contribution in [1.29, 1.82) is 0 Å². The molecule has 6 nitrogen and oxygen atoms in total. The van der Waals surface area contributed by atoms with Crippen LogP contribution in [0.5, 0.6) is 5.75 Å². The van der Waals surface area contributed by atoms with Crippen LogP contribution in [0.1, 0.15) is 36.0 Å². The normalized spacial score (nSPS) is 16.1. The second-order valence-electron chi connectivity index (χ2n) is 7.39. The molecule has 7 heteroatoms. The van der Waals surface area contributed by atoms with Gasteiger partial charge in [0.25, 0.3) is 5.91 Å². The third kappa shape index (κ3) is 6.13. The second-order valence-corrected chi connectivity index (χ2v) is 7.83. The minimum atomic E-state index is -0.160. The number of para-hydroxylation sites is 2. The first-order chi connectivity index (χ1) is 14.6. The van der Waals surface area contributed by atoms with Gasteiger partial charge in [0.05, 0.1) is 12.8 Å². The maximum Gasteiger partial charge on any atom is 0.251 e. The Balaban J connectivity index is 1.40. The van der Waals surface area contributed by atoms with Crippen LogP contribution in [0, 0.1) is 0 Å². The molecule has 1 saturated heterocycles. The summed E-state index contributed by atoms with van der Waals surface area (Å²) in [5.74, 6) is 0.704. The zero-order valence-corrected chi connectivity index (χ0v) is 18.0. The Morgan fingerprint density at radius 3 is 2.70 bits per heavy atom. The average molecular weight is 430 g/mol. The number of rotatable bonds is 8. The Morgan fingerprint density at radius 2 is 1.93 bits per heavy atom. The van der Waals surface area contributed by atoms with E-state index >= 15 is 0 Å². The van der Waals surface area contributed by atoms with Crippen LogP contribution in [0.25, 0.3) is 0 Å². The number of amides is 2. The van der Waals surface area contributed by atoms with Crippen molar-refractivity contribution in [3.05, 3.63) is 59.1 Å². The molecular formula is C23H28ClN3O3. The number of piperidine rings is 1. The lowest BCUT2D eigenvalue weighted by molar-refractivity contribution is -0.121. The molecule has 2 amide bonds. The third-order valence-electron chi connectivity index (χ3n) is 5.18. The lowest BCUT2D eigenvalue weighted by atomic mass is 10.0. The van der Waals surface area contributed by atoms with E-state index in [2.05, 4.69) is 15.5 Å². The first-order valence-corrected chi connectivity index (χ1v) is 10.7. The van der Waals surface area contributed by atoms with Crippen molar-refractivity contribution in [1.82, 2.24) is 10.6 Å². The molecule has 2 aromatic rings. The number of methoxy groups -OCH3 is 1. The van der Waals surface area contributed by atoms with Gasteiger partial charge in [-0.25, -0.2) is 0 Å². The number of nitrogens with zero attached hydrogens (tertiary/aromatic N) is 1. The highest BCUT2D eigenvalue weighted by molar-refractivity contribution is 6.30. The number of anilines is 1. The van der Waals surface area contributed by atoms with Gasteiger partial charge in [-0.1, -0.05) is 23.7 Å². The van der Waals surface area contributed by atoms with Crippen molar-refractivity contribution in [3.63, 3.8) is 0 Å². The van der Waals surface area contributed by atoms with E-state index < -0.39 is 0 Å². The quantitative estimate of drug-likeness (QED) is 0.628. The Labute approximate surface area is 182 Å². The van der Waals surface area contributed by atoms with Crippen molar-refractivity contribution < 1.29 is 14.3 Å². The van der Waals surface area contributed by atoms with Crippen molar-refractivity contribution in [2.24, 2.45) is 0 Å². The third-order valence-corrected chi connectivity index (χ3v) is 5.44. The molecular weight excluding hydrogens is 402 g/mol. The van der Waals surface area contributed by atoms with Crippen molar-refractivity contribution in [3.8, 4) is 5.75 Å². The molecule has 2 aromatic carbocycles. The molecule has 0 aliphatic carbocycles. The number of ether oxygens (including phenoxy) is 1. The van der Waals surface area contributed by atoms with Gasteiger partial charge in [-0.05, 0) is 55.7 Å². The summed E-state index contributed by atoms with van der Waals surface area (Å²) in [7, 11) is 1.67.